The summed E-state index contributed by atoms with van der Waals surface area (Å²) in [6, 6.07) is 8.56. The first-order valence-corrected chi connectivity index (χ1v) is 8.27. The molecule has 0 aliphatic carbocycles. The molecule has 7 heteroatoms. The van der Waals surface area contributed by atoms with E-state index in [-0.39, 0.29) is 18.4 Å². The summed E-state index contributed by atoms with van der Waals surface area (Å²) in [7, 11) is 1.56. The summed E-state index contributed by atoms with van der Waals surface area (Å²) in [5.41, 5.74) is 2.64. The number of benzene rings is 1. The Labute approximate surface area is 152 Å². The molecule has 26 heavy (non-hydrogen) atoms. The van der Waals surface area contributed by atoms with E-state index in [4.69, 9.17) is 4.74 Å². The molecule has 2 amide bonds. The number of methoxy groups -OCH3 is 1. The minimum absolute atomic E-state index is 0.111. The van der Waals surface area contributed by atoms with E-state index in [1.54, 1.807) is 37.4 Å². The zero-order valence-corrected chi connectivity index (χ0v) is 15.2. The Morgan fingerprint density at radius 1 is 1.19 bits per heavy atom. The molecule has 0 fully saturated rings. The Morgan fingerprint density at radius 2 is 1.88 bits per heavy atom. The summed E-state index contributed by atoms with van der Waals surface area (Å²) >= 11 is 0. The molecular formula is C19H23N3O4. The molecular weight excluding hydrogens is 334 g/mol. The van der Waals surface area contributed by atoms with Crippen molar-refractivity contribution >= 4 is 18.1 Å². The van der Waals surface area contributed by atoms with E-state index in [9.17, 15) is 14.4 Å². The number of rotatable bonds is 8. The molecule has 0 atom stereocenters. The largest absolute Gasteiger partial charge is 0.497 e. The smallest absolute Gasteiger partial charge is 0.251 e. The average molecular weight is 357 g/mol. The Morgan fingerprint density at radius 3 is 2.46 bits per heavy atom. The van der Waals surface area contributed by atoms with E-state index in [2.05, 4.69) is 10.6 Å². The number of nitrogens with one attached hydrogen (secondary N) is 2. The fourth-order valence-electron chi connectivity index (χ4n) is 2.72. The van der Waals surface area contributed by atoms with Crippen molar-refractivity contribution in [1.29, 1.82) is 0 Å². The highest BCUT2D eigenvalue weighted by Crippen LogP contribution is 2.15. The number of hydrogen-bond donors (Lipinski definition) is 2. The van der Waals surface area contributed by atoms with Gasteiger partial charge in [0.1, 0.15) is 5.75 Å². The molecule has 0 aliphatic heterocycles. The maximum absolute atomic E-state index is 12.3. The van der Waals surface area contributed by atoms with Crippen LogP contribution in [0.1, 0.15) is 39.0 Å². The molecule has 1 aromatic carbocycles. The zero-order valence-electron chi connectivity index (χ0n) is 15.2. The van der Waals surface area contributed by atoms with Crippen LogP contribution in [-0.2, 0) is 17.9 Å². The molecule has 0 saturated heterocycles. The van der Waals surface area contributed by atoms with E-state index >= 15 is 0 Å². The van der Waals surface area contributed by atoms with Gasteiger partial charge in [-0.1, -0.05) is 0 Å². The van der Waals surface area contributed by atoms with Gasteiger partial charge in [0.05, 0.1) is 13.7 Å². The molecule has 0 spiro atoms. The van der Waals surface area contributed by atoms with Gasteiger partial charge >= 0.3 is 0 Å². The van der Waals surface area contributed by atoms with Crippen molar-refractivity contribution in [3.05, 3.63) is 52.8 Å². The Bertz CT molecular complexity index is 794. The number of aldehydes is 1. The maximum Gasteiger partial charge on any atom is 0.251 e. The summed E-state index contributed by atoms with van der Waals surface area (Å²) in [6.45, 7) is 4.52. The van der Waals surface area contributed by atoms with Gasteiger partial charge < -0.3 is 19.9 Å². The third-order valence-corrected chi connectivity index (χ3v) is 4.05. The van der Waals surface area contributed by atoms with E-state index in [1.807, 2.05) is 11.5 Å². The molecule has 138 valence electrons. The van der Waals surface area contributed by atoms with Crippen molar-refractivity contribution in [3.8, 4) is 5.75 Å². The lowest BCUT2D eigenvalue weighted by Crippen LogP contribution is -2.28. The standard InChI is InChI=1S/C19H23N3O4/c1-13-10-16(12-23)18(22(13)9-8-20-14(2)24)11-21-19(25)15-4-6-17(26-3)7-5-15/h4-7,10,12H,8-9,11H2,1-3H3,(H,20,24)(H,21,25). The summed E-state index contributed by atoms with van der Waals surface area (Å²) in [4.78, 5) is 34.7. The Hall–Kier alpha value is -3.09. The average Bonchev–Trinajstić information content (AvgIpc) is 2.94. The molecule has 0 unspecified atom stereocenters. The van der Waals surface area contributed by atoms with Gasteiger partial charge in [-0.3, -0.25) is 14.4 Å². The van der Waals surface area contributed by atoms with Crippen LogP contribution >= 0.6 is 0 Å². The predicted molar refractivity (Wildman–Crippen MR) is 97.4 cm³/mol. The molecule has 2 aromatic rings. The van der Waals surface area contributed by atoms with Crippen molar-refractivity contribution in [1.82, 2.24) is 15.2 Å². The maximum atomic E-state index is 12.3. The number of ether oxygens (including phenoxy) is 1. The van der Waals surface area contributed by atoms with Crippen LogP contribution in [0.15, 0.2) is 30.3 Å². The van der Waals surface area contributed by atoms with Crippen molar-refractivity contribution < 1.29 is 19.1 Å². The molecule has 0 radical (unpaired) electrons. The van der Waals surface area contributed by atoms with Crippen molar-refractivity contribution in [3.63, 3.8) is 0 Å². The van der Waals surface area contributed by atoms with E-state index in [0.717, 1.165) is 12.0 Å². The summed E-state index contributed by atoms with van der Waals surface area (Å²) in [5, 5.41) is 5.56. The molecule has 7 nitrogen and oxygen atoms in total. The van der Waals surface area contributed by atoms with Gasteiger partial charge in [-0.2, -0.15) is 0 Å². The zero-order chi connectivity index (χ0) is 19.1. The molecule has 2 rings (SSSR count). The van der Waals surface area contributed by atoms with Crippen LogP contribution in [0.2, 0.25) is 0 Å². The van der Waals surface area contributed by atoms with Gasteiger partial charge in [0.25, 0.3) is 5.91 Å². The first-order valence-electron chi connectivity index (χ1n) is 8.27. The van der Waals surface area contributed by atoms with E-state index in [1.165, 1.54) is 6.92 Å². The normalized spacial score (nSPS) is 10.3. The minimum Gasteiger partial charge on any atom is -0.497 e. The monoisotopic (exact) mass is 357 g/mol. The lowest BCUT2D eigenvalue weighted by atomic mass is 10.2. The molecule has 0 aliphatic rings. The third kappa shape index (κ3) is 4.72. The number of carbonyl (C=O) groups is 3. The highest BCUT2D eigenvalue weighted by molar-refractivity contribution is 5.94. The fourth-order valence-corrected chi connectivity index (χ4v) is 2.72. The van der Waals surface area contributed by atoms with Gasteiger partial charge in [0.15, 0.2) is 6.29 Å². The number of amides is 2. The molecule has 0 bridgehead atoms. The van der Waals surface area contributed by atoms with Crippen LogP contribution in [0.25, 0.3) is 0 Å². The highest BCUT2D eigenvalue weighted by Gasteiger charge is 2.14. The first kappa shape index (κ1) is 19.2. The molecule has 1 heterocycles. The first-order chi connectivity index (χ1) is 12.5. The van der Waals surface area contributed by atoms with Gasteiger partial charge in [0.2, 0.25) is 5.91 Å². The second kappa shape index (κ2) is 8.84. The fraction of sp³-hybridized carbons (Fsp3) is 0.316. The van der Waals surface area contributed by atoms with Crippen LogP contribution < -0.4 is 15.4 Å². The second-order valence-electron chi connectivity index (χ2n) is 5.85. The summed E-state index contributed by atoms with van der Waals surface area (Å²) in [6.07, 6.45) is 0.775. The van der Waals surface area contributed by atoms with E-state index < -0.39 is 0 Å². The quantitative estimate of drug-likeness (QED) is 0.704. The van der Waals surface area contributed by atoms with Gasteiger partial charge in [-0.15, -0.1) is 0 Å². The van der Waals surface area contributed by atoms with Crippen molar-refractivity contribution in [2.24, 2.45) is 0 Å². The summed E-state index contributed by atoms with van der Waals surface area (Å²) < 4.78 is 7.00. The SMILES string of the molecule is COc1ccc(C(=O)NCc2c(C=O)cc(C)n2CCNC(C)=O)cc1. The number of aryl methyl sites for hydroxylation is 1. The molecule has 1 aromatic heterocycles. The minimum atomic E-state index is -0.239. The third-order valence-electron chi connectivity index (χ3n) is 4.05. The Kier molecular flexibility index (Phi) is 6.54. The van der Waals surface area contributed by atoms with Crippen LogP contribution in [-0.4, -0.2) is 36.3 Å². The van der Waals surface area contributed by atoms with Crippen LogP contribution in [0.3, 0.4) is 0 Å². The van der Waals surface area contributed by atoms with Crippen molar-refractivity contribution in [2.45, 2.75) is 26.9 Å². The van der Waals surface area contributed by atoms with Crippen LogP contribution in [0, 0.1) is 6.92 Å². The predicted octanol–water partition coefficient (Wildman–Crippen LogP) is 1.68. The van der Waals surface area contributed by atoms with Crippen molar-refractivity contribution in [2.75, 3.05) is 13.7 Å². The van der Waals surface area contributed by atoms with Crippen LogP contribution in [0.5, 0.6) is 5.75 Å². The molecule has 0 saturated carbocycles. The lowest BCUT2D eigenvalue weighted by Gasteiger charge is -2.13. The van der Waals surface area contributed by atoms with Gasteiger partial charge in [0, 0.05) is 42.5 Å². The Balaban J connectivity index is 2.10. The molecule has 2 N–H and O–H groups in total. The summed E-state index contributed by atoms with van der Waals surface area (Å²) in [5.74, 6) is 0.323. The lowest BCUT2D eigenvalue weighted by molar-refractivity contribution is -0.118. The highest BCUT2D eigenvalue weighted by atomic mass is 16.5. The van der Waals surface area contributed by atoms with Gasteiger partial charge in [-0.25, -0.2) is 0 Å². The van der Waals surface area contributed by atoms with E-state index in [0.29, 0.717) is 35.7 Å². The second-order valence-corrected chi connectivity index (χ2v) is 5.85. The number of aromatic nitrogens is 1. The van der Waals surface area contributed by atoms with Crippen LogP contribution in [0.4, 0.5) is 0 Å². The number of hydrogen-bond acceptors (Lipinski definition) is 4. The number of carbonyl (C=O) groups excluding carboxylic acids is 3. The van der Waals surface area contributed by atoms with Gasteiger partial charge in [-0.05, 0) is 37.3 Å². The topological polar surface area (TPSA) is 89.4 Å². The number of nitrogens with zero attached hydrogens (tertiary/aromatic N) is 1.